The Bertz CT molecular complexity index is 322. The number of aliphatic carboxylic acids is 1. The molecule has 0 aromatic rings. The van der Waals surface area contributed by atoms with Gasteiger partial charge in [0.05, 0.1) is 12.2 Å². The predicted molar refractivity (Wildman–Crippen MR) is 64.4 cm³/mol. The molecule has 2 rings (SSSR count). The third kappa shape index (κ3) is 3.13. The molecule has 102 valence electrons. The molecule has 0 aromatic heterocycles. The van der Waals surface area contributed by atoms with Crippen LogP contribution in [0.25, 0.3) is 0 Å². The fourth-order valence-corrected chi connectivity index (χ4v) is 2.58. The molecule has 1 N–H and O–H groups in total. The number of carboxylic acids is 1. The number of ether oxygens (including phenoxy) is 1. The van der Waals surface area contributed by atoms with Crippen molar-refractivity contribution >= 4 is 12.0 Å². The molecule has 0 spiro atoms. The van der Waals surface area contributed by atoms with Gasteiger partial charge in [-0.15, -0.1) is 0 Å². The summed E-state index contributed by atoms with van der Waals surface area (Å²) in [6.07, 6.45) is 3.06. The second kappa shape index (κ2) is 5.56. The monoisotopic (exact) mass is 256 g/mol. The maximum absolute atomic E-state index is 12.1. The van der Waals surface area contributed by atoms with E-state index in [1.807, 2.05) is 4.90 Å². The average molecular weight is 256 g/mol. The summed E-state index contributed by atoms with van der Waals surface area (Å²) in [6.45, 7) is 1.81. The number of hydrogen-bond donors (Lipinski definition) is 1. The Morgan fingerprint density at radius 3 is 2.50 bits per heavy atom. The van der Waals surface area contributed by atoms with Crippen LogP contribution in [0, 0.1) is 0 Å². The highest BCUT2D eigenvalue weighted by molar-refractivity contribution is 5.74. The van der Waals surface area contributed by atoms with Gasteiger partial charge in [-0.25, -0.2) is 4.79 Å². The molecular formula is C12H20N2O4. The predicted octanol–water partition coefficient (Wildman–Crippen LogP) is 0.766. The number of nitrogens with zero attached hydrogens (tertiary/aromatic N) is 2. The SMILES string of the molecule is CN(CCCC(=O)O)C(=O)N1CC2CCC(C1)O2. The summed E-state index contributed by atoms with van der Waals surface area (Å²) in [4.78, 5) is 26.0. The highest BCUT2D eigenvalue weighted by Crippen LogP contribution is 2.26. The molecule has 2 aliphatic rings. The van der Waals surface area contributed by atoms with E-state index >= 15 is 0 Å². The van der Waals surface area contributed by atoms with Crippen LogP contribution >= 0.6 is 0 Å². The van der Waals surface area contributed by atoms with E-state index in [1.165, 1.54) is 0 Å². The molecule has 6 nitrogen and oxygen atoms in total. The molecule has 2 atom stereocenters. The number of hydrogen-bond acceptors (Lipinski definition) is 3. The van der Waals surface area contributed by atoms with Gasteiger partial charge < -0.3 is 19.6 Å². The molecule has 2 bridgehead atoms. The topological polar surface area (TPSA) is 70.1 Å². The van der Waals surface area contributed by atoms with Gasteiger partial charge in [-0.1, -0.05) is 0 Å². The molecule has 18 heavy (non-hydrogen) atoms. The molecule has 2 heterocycles. The fraction of sp³-hybridized carbons (Fsp3) is 0.833. The van der Waals surface area contributed by atoms with Crippen LogP contribution in [0.3, 0.4) is 0 Å². The van der Waals surface area contributed by atoms with Gasteiger partial charge in [0, 0.05) is 33.1 Å². The van der Waals surface area contributed by atoms with Crippen LogP contribution < -0.4 is 0 Å². The Hall–Kier alpha value is -1.30. The number of rotatable bonds is 4. The van der Waals surface area contributed by atoms with Gasteiger partial charge in [-0.3, -0.25) is 4.79 Å². The number of likely N-dealkylation sites (tertiary alicyclic amines) is 1. The number of amides is 2. The zero-order valence-corrected chi connectivity index (χ0v) is 10.7. The summed E-state index contributed by atoms with van der Waals surface area (Å²) in [6, 6.07) is -0.0133. The number of morpholine rings is 1. The van der Waals surface area contributed by atoms with Crippen molar-refractivity contribution < 1.29 is 19.4 Å². The minimum Gasteiger partial charge on any atom is -0.481 e. The Morgan fingerprint density at radius 1 is 1.33 bits per heavy atom. The number of carbonyl (C=O) groups excluding carboxylic acids is 1. The minimum absolute atomic E-state index is 0.0133. The lowest BCUT2D eigenvalue weighted by atomic mass is 10.2. The van der Waals surface area contributed by atoms with Crippen molar-refractivity contribution in [1.82, 2.24) is 9.80 Å². The Balaban J connectivity index is 1.77. The van der Waals surface area contributed by atoms with E-state index in [0.29, 0.717) is 26.1 Å². The zero-order chi connectivity index (χ0) is 13.1. The third-order valence-corrected chi connectivity index (χ3v) is 3.52. The second-order valence-electron chi connectivity index (χ2n) is 5.06. The lowest BCUT2D eigenvalue weighted by Crippen LogP contribution is -2.50. The molecular weight excluding hydrogens is 236 g/mol. The number of urea groups is 1. The summed E-state index contributed by atoms with van der Waals surface area (Å²) in [5, 5.41) is 8.56. The van der Waals surface area contributed by atoms with Gasteiger partial charge >= 0.3 is 12.0 Å². The van der Waals surface area contributed by atoms with Crippen molar-refractivity contribution in [1.29, 1.82) is 0 Å². The van der Waals surface area contributed by atoms with Crippen molar-refractivity contribution in [2.75, 3.05) is 26.7 Å². The van der Waals surface area contributed by atoms with Crippen LogP contribution in [0.2, 0.25) is 0 Å². The Morgan fingerprint density at radius 2 is 1.94 bits per heavy atom. The zero-order valence-electron chi connectivity index (χ0n) is 10.7. The summed E-state index contributed by atoms with van der Waals surface area (Å²) in [5.74, 6) is -0.819. The lowest BCUT2D eigenvalue weighted by Gasteiger charge is -2.34. The highest BCUT2D eigenvalue weighted by Gasteiger charge is 2.36. The maximum atomic E-state index is 12.1. The normalized spacial score (nSPS) is 26.2. The summed E-state index contributed by atoms with van der Waals surface area (Å²) < 4.78 is 5.68. The summed E-state index contributed by atoms with van der Waals surface area (Å²) in [7, 11) is 1.72. The van der Waals surface area contributed by atoms with E-state index in [0.717, 1.165) is 12.8 Å². The maximum Gasteiger partial charge on any atom is 0.319 e. The number of carbonyl (C=O) groups is 2. The first-order valence-corrected chi connectivity index (χ1v) is 6.43. The van der Waals surface area contributed by atoms with Gasteiger partial charge in [0.1, 0.15) is 0 Å². The van der Waals surface area contributed by atoms with Crippen molar-refractivity contribution in [2.45, 2.75) is 37.9 Å². The summed E-state index contributed by atoms with van der Waals surface area (Å²) >= 11 is 0. The van der Waals surface area contributed by atoms with E-state index in [-0.39, 0.29) is 24.7 Å². The van der Waals surface area contributed by atoms with E-state index < -0.39 is 5.97 Å². The molecule has 6 heteroatoms. The first-order valence-electron chi connectivity index (χ1n) is 6.43. The molecule has 2 aliphatic heterocycles. The van der Waals surface area contributed by atoms with Gasteiger partial charge in [0.15, 0.2) is 0 Å². The van der Waals surface area contributed by atoms with Crippen LogP contribution in [-0.4, -0.2) is 65.8 Å². The van der Waals surface area contributed by atoms with Gasteiger partial charge in [0.2, 0.25) is 0 Å². The second-order valence-corrected chi connectivity index (χ2v) is 5.06. The van der Waals surface area contributed by atoms with Gasteiger partial charge in [-0.05, 0) is 19.3 Å². The van der Waals surface area contributed by atoms with Crippen LogP contribution in [-0.2, 0) is 9.53 Å². The quantitative estimate of drug-likeness (QED) is 0.806. The van der Waals surface area contributed by atoms with E-state index in [4.69, 9.17) is 9.84 Å². The smallest absolute Gasteiger partial charge is 0.319 e. The molecule has 0 aromatic carbocycles. The minimum atomic E-state index is -0.819. The van der Waals surface area contributed by atoms with E-state index in [2.05, 4.69) is 0 Å². The van der Waals surface area contributed by atoms with Crippen LogP contribution in [0.4, 0.5) is 4.79 Å². The molecule has 2 unspecified atom stereocenters. The van der Waals surface area contributed by atoms with Crippen LogP contribution in [0.5, 0.6) is 0 Å². The van der Waals surface area contributed by atoms with Crippen molar-refractivity contribution in [3.63, 3.8) is 0 Å². The van der Waals surface area contributed by atoms with Crippen LogP contribution in [0.15, 0.2) is 0 Å². The van der Waals surface area contributed by atoms with Gasteiger partial charge in [0.25, 0.3) is 0 Å². The fourth-order valence-electron chi connectivity index (χ4n) is 2.58. The molecule has 2 saturated heterocycles. The van der Waals surface area contributed by atoms with Crippen molar-refractivity contribution in [3.8, 4) is 0 Å². The third-order valence-electron chi connectivity index (χ3n) is 3.52. The Labute approximate surface area is 106 Å². The van der Waals surface area contributed by atoms with Crippen molar-refractivity contribution in [3.05, 3.63) is 0 Å². The number of carboxylic acid groups (broad SMARTS) is 1. The first kappa shape index (κ1) is 13.1. The van der Waals surface area contributed by atoms with E-state index in [1.54, 1.807) is 11.9 Å². The molecule has 0 radical (unpaired) electrons. The van der Waals surface area contributed by atoms with E-state index in [9.17, 15) is 9.59 Å². The molecule has 0 saturated carbocycles. The highest BCUT2D eigenvalue weighted by atomic mass is 16.5. The van der Waals surface area contributed by atoms with Crippen LogP contribution in [0.1, 0.15) is 25.7 Å². The number of fused-ring (bicyclic) bond motifs is 2. The summed E-state index contributed by atoms with van der Waals surface area (Å²) in [5.41, 5.74) is 0. The molecule has 2 amide bonds. The average Bonchev–Trinajstić information content (AvgIpc) is 2.66. The molecule has 2 fully saturated rings. The molecule has 0 aliphatic carbocycles. The lowest BCUT2D eigenvalue weighted by molar-refractivity contribution is -0.137. The Kier molecular flexibility index (Phi) is 4.06. The largest absolute Gasteiger partial charge is 0.481 e. The first-order chi connectivity index (χ1) is 8.56. The standard InChI is InChI=1S/C12H20N2O4/c1-13(6-2-3-11(15)16)12(17)14-7-9-4-5-10(8-14)18-9/h9-10H,2-8H2,1H3,(H,15,16). The van der Waals surface area contributed by atoms with Gasteiger partial charge in [-0.2, -0.15) is 0 Å². The van der Waals surface area contributed by atoms with Crippen molar-refractivity contribution in [2.24, 2.45) is 0 Å².